The average molecular weight is 332 g/mol. The first kappa shape index (κ1) is 16.0. The summed E-state index contributed by atoms with van der Waals surface area (Å²) in [4.78, 5) is 0. The summed E-state index contributed by atoms with van der Waals surface area (Å²) < 4.78 is 28.2. The lowest BCUT2D eigenvalue weighted by Crippen LogP contribution is -2.14. The van der Waals surface area contributed by atoms with Crippen molar-refractivity contribution in [1.82, 2.24) is 0 Å². The predicted molar refractivity (Wildman–Crippen MR) is 90.6 cm³/mol. The van der Waals surface area contributed by atoms with Gasteiger partial charge in [-0.1, -0.05) is 30.3 Å². The number of benzene rings is 2. The summed E-state index contributed by atoms with van der Waals surface area (Å²) in [6.45, 7) is 0. The van der Waals surface area contributed by atoms with E-state index < -0.39 is 10.0 Å². The SMILES string of the molecule is COc1ccc(CS(N)(=O)=O)cc1-c1ccccc1[C@@H]1C[C@H]1N. The first-order chi connectivity index (χ1) is 10.9. The Morgan fingerprint density at radius 2 is 1.87 bits per heavy atom. The van der Waals surface area contributed by atoms with Crippen molar-refractivity contribution in [1.29, 1.82) is 0 Å². The highest BCUT2D eigenvalue weighted by Gasteiger charge is 2.36. The molecule has 0 aromatic heterocycles. The molecule has 1 aliphatic carbocycles. The molecule has 4 N–H and O–H groups in total. The molecular weight excluding hydrogens is 312 g/mol. The highest BCUT2D eigenvalue weighted by Crippen LogP contribution is 2.45. The largest absolute Gasteiger partial charge is 0.496 e. The Bertz CT molecular complexity index is 833. The molecule has 2 aromatic carbocycles. The average Bonchev–Trinajstić information content (AvgIpc) is 3.22. The highest BCUT2D eigenvalue weighted by atomic mass is 32.2. The van der Waals surface area contributed by atoms with Gasteiger partial charge in [-0.3, -0.25) is 0 Å². The Balaban J connectivity index is 2.10. The van der Waals surface area contributed by atoms with E-state index in [4.69, 9.17) is 15.6 Å². The quantitative estimate of drug-likeness (QED) is 0.875. The summed E-state index contributed by atoms with van der Waals surface area (Å²) in [7, 11) is -1.98. The van der Waals surface area contributed by atoms with Crippen LogP contribution in [0.2, 0.25) is 0 Å². The van der Waals surface area contributed by atoms with E-state index in [-0.39, 0.29) is 11.8 Å². The second kappa shape index (κ2) is 5.96. The molecule has 3 rings (SSSR count). The Labute approximate surface area is 136 Å². The molecule has 0 radical (unpaired) electrons. The molecule has 0 aliphatic heterocycles. The number of rotatable bonds is 5. The first-order valence-corrected chi connectivity index (χ1v) is 9.13. The van der Waals surface area contributed by atoms with Crippen LogP contribution in [0, 0.1) is 0 Å². The zero-order valence-corrected chi connectivity index (χ0v) is 13.7. The molecule has 5 nitrogen and oxygen atoms in total. The number of hydrogen-bond acceptors (Lipinski definition) is 4. The molecule has 122 valence electrons. The third-order valence-corrected chi connectivity index (χ3v) is 4.86. The third kappa shape index (κ3) is 3.55. The second-order valence-electron chi connectivity index (χ2n) is 5.94. The predicted octanol–water partition coefficient (Wildman–Crippen LogP) is 1.97. The standard InChI is InChI=1S/C17H20N2O3S/c1-22-17-7-6-11(10-23(19,20)21)8-15(17)13-5-3-2-4-12(13)14-9-16(14)18/h2-8,14,16H,9-10,18H2,1H3,(H2,19,20,21)/t14-,16+/m0/s1. The maximum Gasteiger partial charge on any atom is 0.213 e. The van der Waals surface area contributed by atoms with Gasteiger partial charge in [-0.05, 0) is 35.2 Å². The Kier molecular flexibility index (Phi) is 4.14. The molecule has 2 aromatic rings. The number of ether oxygens (including phenoxy) is 1. The fourth-order valence-corrected chi connectivity index (χ4v) is 3.57. The molecule has 0 amide bonds. The van der Waals surface area contributed by atoms with Crippen LogP contribution in [0.25, 0.3) is 11.1 Å². The van der Waals surface area contributed by atoms with Gasteiger partial charge < -0.3 is 10.5 Å². The van der Waals surface area contributed by atoms with E-state index in [0.29, 0.717) is 17.2 Å². The Hall–Kier alpha value is -1.89. The fourth-order valence-electron chi connectivity index (χ4n) is 2.93. The zero-order chi connectivity index (χ0) is 16.6. The van der Waals surface area contributed by atoms with E-state index in [0.717, 1.165) is 17.5 Å². The zero-order valence-electron chi connectivity index (χ0n) is 12.9. The van der Waals surface area contributed by atoms with Crippen molar-refractivity contribution in [2.45, 2.75) is 24.1 Å². The lowest BCUT2D eigenvalue weighted by Gasteiger charge is -2.14. The molecule has 1 saturated carbocycles. The normalized spacial score (nSPS) is 20.3. The van der Waals surface area contributed by atoms with Gasteiger partial charge in [-0.15, -0.1) is 0 Å². The fraction of sp³-hybridized carbons (Fsp3) is 0.294. The Morgan fingerprint density at radius 3 is 2.48 bits per heavy atom. The monoisotopic (exact) mass is 332 g/mol. The van der Waals surface area contributed by atoms with Crippen LogP contribution in [0.1, 0.15) is 23.5 Å². The van der Waals surface area contributed by atoms with Crippen LogP contribution in [0.4, 0.5) is 0 Å². The van der Waals surface area contributed by atoms with Gasteiger partial charge in [-0.25, -0.2) is 13.6 Å². The van der Waals surface area contributed by atoms with Crippen LogP contribution < -0.4 is 15.6 Å². The van der Waals surface area contributed by atoms with Gasteiger partial charge in [0.15, 0.2) is 0 Å². The van der Waals surface area contributed by atoms with Crippen LogP contribution in [0.5, 0.6) is 5.75 Å². The van der Waals surface area contributed by atoms with Crippen molar-refractivity contribution in [3.63, 3.8) is 0 Å². The summed E-state index contributed by atoms with van der Waals surface area (Å²) >= 11 is 0. The number of nitrogens with two attached hydrogens (primary N) is 2. The Morgan fingerprint density at radius 1 is 1.17 bits per heavy atom. The van der Waals surface area contributed by atoms with E-state index in [2.05, 4.69) is 6.07 Å². The van der Waals surface area contributed by atoms with Crippen LogP contribution in [0.15, 0.2) is 42.5 Å². The van der Waals surface area contributed by atoms with Gasteiger partial charge in [-0.2, -0.15) is 0 Å². The molecule has 6 heteroatoms. The lowest BCUT2D eigenvalue weighted by molar-refractivity contribution is 0.416. The van der Waals surface area contributed by atoms with Gasteiger partial charge in [0.2, 0.25) is 10.0 Å². The van der Waals surface area contributed by atoms with Crippen molar-refractivity contribution >= 4 is 10.0 Å². The van der Waals surface area contributed by atoms with Gasteiger partial charge in [0.25, 0.3) is 0 Å². The first-order valence-electron chi connectivity index (χ1n) is 7.41. The van der Waals surface area contributed by atoms with Crippen molar-refractivity contribution in [3.8, 4) is 16.9 Å². The van der Waals surface area contributed by atoms with Crippen LogP contribution in [-0.2, 0) is 15.8 Å². The van der Waals surface area contributed by atoms with Crippen LogP contribution in [0.3, 0.4) is 0 Å². The molecule has 0 spiro atoms. The minimum absolute atomic E-state index is 0.190. The molecule has 2 atom stereocenters. The van der Waals surface area contributed by atoms with Gasteiger partial charge >= 0.3 is 0 Å². The summed E-state index contributed by atoms with van der Waals surface area (Å²) in [6.07, 6.45) is 0.968. The minimum atomic E-state index is -3.58. The topological polar surface area (TPSA) is 95.4 Å². The smallest absolute Gasteiger partial charge is 0.213 e. The van der Waals surface area contributed by atoms with Crippen LogP contribution in [-0.4, -0.2) is 21.6 Å². The number of methoxy groups -OCH3 is 1. The van der Waals surface area contributed by atoms with E-state index >= 15 is 0 Å². The minimum Gasteiger partial charge on any atom is -0.496 e. The molecule has 0 saturated heterocycles. The molecule has 0 heterocycles. The maximum atomic E-state index is 11.4. The molecule has 0 unspecified atom stereocenters. The summed E-state index contributed by atoms with van der Waals surface area (Å²) in [5.74, 6) is 0.845. The van der Waals surface area contributed by atoms with E-state index in [1.165, 1.54) is 5.56 Å². The van der Waals surface area contributed by atoms with Crippen molar-refractivity contribution in [3.05, 3.63) is 53.6 Å². The molecule has 1 fully saturated rings. The third-order valence-electron chi connectivity index (χ3n) is 4.12. The second-order valence-corrected chi connectivity index (χ2v) is 7.55. The van der Waals surface area contributed by atoms with Crippen molar-refractivity contribution in [2.75, 3.05) is 7.11 Å². The van der Waals surface area contributed by atoms with Gasteiger partial charge in [0.1, 0.15) is 5.75 Å². The van der Waals surface area contributed by atoms with E-state index in [1.807, 2.05) is 24.3 Å². The summed E-state index contributed by atoms with van der Waals surface area (Å²) in [5, 5.41) is 5.16. The van der Waals surface area contributed by atoms with Gasteiger partial charge in [0.05, 0.1) is 12.9 Å². The van der Waals surface area contributed by atoms with E-state index in [1.54, 1.807) is 19.2 Å². The summed E-state index contributed by atoms with van der Waals surface area (Å²) in [5.41, 5.74) is 9.70. The molecular formula is C17H20N2O3S. The van der Waals surface area contributed by atoms with Crippen molar-refractivity contribution < 1.29 is 13.2 Å². The summed E-state index contributed by atoms with van der Waals surface area (Å²) in [6, 6.07) is 13.5. The molecule has 23 heavy (non-hydrogen) atoms. The van der Waals surface area contributed by atoms with Crippen molar-refractivity contribution in [2.24, 2.45) is 10.9 Å². The number of hydrogen-bond donors (Lipinski definition) is 2. The van der Waals surface area contributed by atoms with Gasteiger partial charge in [0, 0.05) is 17.5 Å². The highest BCUT2D eigenvalue weighted by molar-refractivity contribution is 7.88. The lowest BCUT2D eigenvalue weighted by atomic mass is 9.95. The molecule has 1 aliphatic rings. The van der Waals surface area contributed by atoms with E-state index in [9.17, 15) is 8.42 Å². The van der Waals surface area contributed by atoms with Crippen LogP contribution >= 0.6 is 0 Å². The number of primary sulfonamides is 1. The maximum absolute atomic E-state index is 11.4. The molecule has 0 bridgehead atoms. The number of sulfonamides is 1.